The summed E-state index contributed by atoms with van der Waals surface area (Å²) in [6, 6.07) is 2.73. The van der Waals surface area contributed by atoms with Crippen molar-refractivity contribution in [1.29, 1.82) is 0 Å². The van der Waals surface area contributed by atoms with Gasteiger partial charge in [0.1, 0.15) is 11.3 Å². The molecule has 0 amide bonds. The quantitative estimate of drug-likeness (QED) is 0.865. The van der Waals surface area contributed by atoms with Gasteiger partial charge in [-0.25, -0.2) is 14.6 Å². The summed E-state index contributed by atoms with van der Waals surface area (Å²) in [5, 5.41) is 0. The topological polar surface area (TPSA) is 42.7 Å². The van der Waals surface area contributed by atoms with E-state index in [9.17, 15) is 0 Å². The van der Waals surface area contributed by atoms with Crippen molar-refractivity contribution in [3.05, 3.63) is 23.1 Å². The molecular weight excluding hydrogens is 296 g/mol. The van der Waals surface area contributed by atoms with Gasteiger partial charge in [-0.3, -0.25) is 0 Å². The summed E-state index contributed by atoms with van der Waals surface area (Å²) >= 11 is 0. The lowest BCUT2D eigenvalue weighted by molar-refractivity contribution is 0.405. The van der Waals surface area contributed by atoms with E-state index in [1.807, 2.05) is 0 Å². The highest BCUT2D eigenvalue weighted by molar-refractivity contribution is 5.76. The third kappa shape index (κ3) is 3.03. The van der Waals surface area contributed by atoms with Crippen LogP contribution >= 0.6 is 0 Å². The second-order valence-corrected chi connectivity index (χ2v) is 7.86. The van der Waals surface area contributed by atoms with Crippen molar-refractivity contribution in [2.45, 2.75) is 90.0 Å². The molecular formula is C20H30N4. The van der Waals surface area contributed by atoms with Gasteiger partial charge in [0.15, 0.2) is 5.65 Å². The molecule has 2 aromatic heterocycles. The van der Waals surface area contributed by atoms with Gasteiger partial charge in [-0.15, -0.1) is 0 Å². The van der Waals surface area contributed by atoms with Gasteiger partial charge in [0.2, 0.25) is 0 Å². The second-order valence-electron chi connectivity index (χ2n) is 7.86. The van der Waals surface area contributed by atoms with E-state index >= 15 is 0 Å². The van der Waals surface area contributed by atoms with E-state index in [1.165, 1.54) is 75.6 Å². The smallest absolute Gasteiger partial charge is 0.179 e. The first-order valence-electron chi connectivity index (χ1n) is 9.85. The van der Waals surface area contributed by atoms with Crippen molar-refractivity contribution < 1.29 is 0 Å². The maximum absolute atomic E-state index is 5.08. The Morgan fingerprint density at radius 3 is 2.29 bits per heavy atom. The number of hydrogen-bond acceptors (Lipinski definition) is 3. The average Bonchev–Trinajstić information content (AvgIpc) is 2.95. The molecule has 0 unspecified atom stereocenters. The number of imidazole rings is 1. The van der Waals surface area contributed by atoms with Crippen LogP contribution in [0.15, 0.2) is 6.07 Å². The molecule has 0 atom stereocenters. The fourth-order valence-electron chi connectivity index (χ4n) is 4.55. The van der Waals surface area contributed by atoms with Crippen LogP contribution in [0.4, 0.5) is 0 Å². The molecule has 0 saturated heterocycles. The molecule has 0 bridgehead atoms. The normalized spacial score (nSPS) is 20.6. The van der Waals surface area contributed by atoms with Crippen LogP contribution in [-0.2, 0) is 0 Å². The minimum Gasteiger partial charge on any atom is -0.320 e. The minimum absolute atomic E-state index is 0.570. The molecule has 0 aromatic carbocycles. The van der Waals surface area contributed by atoms with Gasteiger partial charge in [0, 0.05) is 17.7 Å². The monoisotopic (exact) mass is 326 g/mol. The first kappa shape index (κ1) is 15.9. The molecule has 2 saturated carbocycles. The van der Waals surface area contributed by atoms with Gasteiger partial charge in [-0.2, -0.15) is 0 Å². The Kier molecular flexibility index (Phi) is 4.47. The summed E-state index contributed by atoms with van der Waals surface area (Å²) in [4.78, 5) is 9.94. The standard InChI is InChI=1S/C20H30N4/c1-14-13-15(2)21-20-18(14)22-19(16-9-5-3-6-10-16)24(20)23-17-11-7-4-8-12-17/h13,16-17,23H,3-12H2,1-2H3. The van der Waals surface area contributed by atoms with Crippen molar-refractivity contribution in [2.24, 2.45) is 0 Å². The van der Waals surface area contributed by atoms with Crippen molar-refractivity contribution in [3.63, 3.8) is 0 Å². The molecule has 4 nitrogen and oxygen atoms in total. The summed E-state index contributed by atoms with van der Waals surface area (Å²) in [5.41, 5.74) is 8.28. The zero-order valence-corrected chi connectivity index (χ0v) is 15.1. The third-order valence-corrected chi connectivity index (χ3v) is 5.85. The summed E-state index contributed by atoms with van der Waals surface area (Å²) in [5.74, 6) is 1.82. The van der Waals surface area contributed by atoms with Gasteiger partial charge in [0.25, 0.3) is 0 Å². The van der Waals surface area contributed by atoms with Crippen LogP contribution in [0.1, 0.15) is 87.2 Å². The number of rotatable bonds is 3. The number of aromatic nitrogens is 3. The van der Waals surface area contributed by atoms with Gasteiger partial charge in [-0.05, 0) is 51.2 Å². The van der Waals surface area contributed by atoms with Crippen molar-refractivity contribution in [2.75, 3.05) is 5.43 Å². The van der Waals surface area contributed by atoms with Crippen LogP contribution in [0.3, 0.4) is 0 Å². The van der Waals surface area contributed by atoms with Crippen LogP contribution in [0, 0.1) is 13.8 Å². The van der Waals surface area contributed by atoms with Crippen LogP contribution in [0.2, 0.25) is 0 Å². The van der Waals surface area contributed by atoms with Gasteiger partial charge in [0.05, 0.1) is 0 Å². The minimum atomic E-state index is 0.570. The number of fused-ring (bicyclic) bond motifs is 1. The molecule has 1 N–H and O–H groups in total. The van der Waals surface area contributed by atoms with Crippen LogP contribution in [0.25, 0.3) is 11.2 Å². The second kappa shape index (κ2) is 6.73. The molecule has 4 heteroatoms. The zero-order valence-electron chi connectivity index (χ0n) is 15.1. The van der Waals surface area contributed by atoms with Crippen LogP contribution < -0.4 is 5.43 Å². The van der Waals surface area contributed by atoms with Crippen molar-refractivity contribution in [3.8, 4) is 0 Å². The van der Waals surface area contributed by atoms with Crippen LogP contribution in [0.5, 0.6) is 0 Å². The number of hydrogen-bond donors (Lipinski definition) is 1. The highest BCUT2D eigenvalue weighted by atomic mass is 15.5. The molecule has 2 fully saturated rings. The summed E-state index contributed by atoms with van der Waals surface area (Å²) < 4.78 is 2.28. The van der Waals surface area contributed by atoms with E-state index in [2.05, 4.69) is 30.0 Å². The number of nitrogens with one attached hydrogen (secondary N) is 1. The van der Waals surface area contributed by atoms with E-state index in [0.29, 0.717) is 12.0 Å². The first-order chi connectivity index (χ1) is 11.7. The van der Waals surface area contributed by atoms with Gasteiger partial charge < -0.3 is 5.43 Å². The molecule has 2 aliphatic carbocycles. The lowest BCUT2D eigenvalue weighted by Crippen LogP contribution is -2.32. The largest absolute Gasteiger partial charge is 0.320 e. The predicted octanol–water partition coefficient (Wildman–Crippen LogP) is 4.97. The Balaban J connectivity index is 1.76. The molecule has 0 aliphatic heterocycles. The van der Waals surface area contributed by atoms with Crippen LogP contribution in [-0.4, -0.2) is 20.7 Å². The van der Waals surface area contributed by atoms with Gasteiger partial charge in [-0.1, -0.05) is 38.5 Å². The van der Waals surface area contributed by atoms with E-state index in [-0.39, 0.29) is 0 Å². The fourth-order valence-corrected chi connectivity index (χ4v) is 4.55. The molecule has 0 spiro atoms. The maximum atomic E-state index is 5.08. The summed E-state index contributed by atoms with van der Waals surface area (Å²) in [6.07, 6.45) is 13.2. The van der Waals surface area contributed by atoms with Gasteiger partial charge >= 0.3 is 0 Å². The van der Waals surface area contributed by atoms with Crippen molar-refractivity contribution in [1.82, 2.24) is 14.6 Å². The third-order valence-electron chi connectivity index (χ3n) is 5.85. The summed E-state index contributed by atoms with van der Waals surface area (Å²) in [7, 11) is 0. The predicted molar refractivity (Wildman–Crippen MR) is 99.1 cm³/mol. The zero-order chi connectivity index (χ0) is 16.5. The molecule has 24 heavy (non-hydrogen) atoms. The Hall–Kier alpha value is -1.58. The average molecular weight is 326 g/mol. The Morgan fingerprint density at radius 2 is 1.58 bits per heavy atom. The molecule has 2 aliphatic rings. The fraction of sp³-hybridized carbons (Fsp3) is 0.700. The molecule has 2 aromatic rings. The first-order valence-corrected chi connectivity index (χ1v) is 9.85. The van der Waals surface area contributed by atoms with E-state index in [1.54, 1.807) is 0 Å². The molecule has 2 heterocycles. The number of pyridine rings is 1. The molecule has 130 valence electrons. The Bertz CT molecular complexity index is 706. The lowest BCUT2D eigenvalue weighted by Gasteiger charge is -2.28. The number of aryl methyl sites for hydroxylation is 2. The highest BCUT2D eigenvalue weighted by Gasteiger charge is 2.25. The Labute approximate surface area is 145 Å². The summed E-state index contributed by atoms with van der Waals surface area (Å²) in [6.45, 7) is 4.25. The highest BCUT2D eigenvalue weighted by Crippen LogP contribution is 2.34. The van der Waals surface area contributed by atoms with Crippen molar-refractivity contribution >= 4 is 11.2 Å². The SMILES string of the molecule is Cc1cc(C)c2nc(C3CCCCC3)n(NC3CCCCC3)c2n1. The van der Waals surface area contributed by atoms with E-state index < -0.39 is 0 Å². The lowest BCUT2D eigenvalue weighted by atomic mass is 9.89. The van der Waals surface area contributed by atoms with E-state index in [0.717, 1.165) is 16.9 Å². The van der Waals surface area contributed by atoms with E-state index in [4.69, 9.17) is 9.97 Å². The maximum Gasteiger partial charge on any atom is 0.179 e. The number of nitrogens with zero attached hydrogens (tertiary/aromatic N) is 3. The molecule has 0 radical (unpaired) electrons. The Morgan fingerprint density at radius 1 is 0.917 bits per heavy atom. The molecule has 4 rings (SSSR count).